The average Bonchev–Trinajstić information content (AvgIpc) is 2.44. The normalized spacial score (nSPS) is 10.1. The van der Waals surface area contributed by atoms with Crippen LogP contribution < -0.4 is 10.1 Å². The van der Waals surface area contributed by atoms with E-state index >= 15 is 0 Å². The fraction of sp³-hybridized carbons (Fsp3) is 0.636. The van der Waals surface area contributed by atoms with Crippen LogP contribution in [0.25, 0.3) is 0 Å². The van der Waals surface area contributed by atoms with Crippen molar-refractivity contribution in [3.05, 3.63) is 0 Å². The van der Waals surface area contributed by atoms with Crippen molar-refractivity contribution in [1.82, 2.24) is 15.0 Å². The Morgan fingerprint density at radius 1 is 1.32 bits per heavy atom. The second kappa shape index (κ2) is 8.52. The maximum Gasteiger partial charge on any atom is 0.321 e. The SMILES string of the molecule is CCCNc1nc(OC)nc(SCCC(=O)OC)n1. The third-order valence-electron chi connectivity index (χ3n) is 2.08. The minimum atomic E-state index is -0.252. The number of esters is 1. The third kappa shape index (κ3) is 5.73. The molecule has 1 rings (SSSR count). The Morgan fingerprint density at radius 3 is 2.74 bits per heavy atom. The van der Waals surface area contributed by atoms with Gasteiger partial charge < -0.3 is 14.8 Å². The first-order valence-corrected chi connectivity index (χ1v) is 6.91. The van der Waals surface area contributed by atoms with E-state index in [0.717, 1.165) is 13.0 Å². The van der Waals surface area contributed by atoms with Crippen molar-refractivity contribution in [3.8, 4) is 6.01 Å². The number of hydrogen-bond acceptors (Lipinski definition) is 8. The Kier molecular flexibility index (Phi) is 6.94. The molecule has 106 valence electrons. The molecule has 1 heterocycles. The Morgan fingerprint density at radius 2 is 2.11 bits per heavy atom. The van der Waals surface area contributed by atoms with E-state index in [0.29, 0.717) is 23.3 Å². The second-order valence-corrected chi connectivity index (χ2v) is 4.59. The molecule has 0 saturated heterocycles. The highest BCUT2D eigenvalue weighted by Crippen LogP contribution is 2.18. The molecule has 0 amide bonds. The smallest absolute Gasteiger partial charge is 0.321 e. The van der Waals surface area contributed by atoms with Crippen LogP contribution in [0.2, 0.25) is 0 Å². The third-order valence-corrected chi connectivity index (χ3v) is 2.92. The van der Waals surface area contributed by atoms with Gasteiger partial charge in [0, 0.05) is 12.3 Å². The molecule has 0 fully saturated rings. The van der Waals surface area contributed by atoms with Crippen molar-refractivity contribution in [2.45, 2.75) is 24.9 Å². The molecule has 1 aromatic rings. The van der Waals surface area contributed by atoms with E-state index in [2.05, 4.69) is 31.9 Å². The molecule has 7 nitrogen and oxygen atoms in total. The molecular formula is C11H18N4O3S. The Labute approximate surface area is 116 Å². The van der Waals surface area contributed by atoms with Gasteiger partial charge in [0.25, 0.3) is 0 Å². The fourth-order valence-electron chi connectivity index (χ4n) is 1.14. The monoisotopic (exact) mass is 286 g/mol. The number of methoxy groups -OCH3 is 2. The predicted molar refractivity (Wildman–Crippen MR) is 72.5 cm³/mol. The van der Waals surface area contributed by atoms with Crippen LogP contribution >= 0.6 is 11.8 Å². The molecule has 0 radical (unpaired) electrons. The second-order valence-electron chi connectivity index (χ2n) is 3.53. The lowest BCUT2D eigenvalue weighted by molar-refractivity contribution is -0.140. The molecular weight excluding hydrogens is 268 g/mol. The highest BCUT2D eigenvalue weighted by molar-refractivity contribution is 7.99. The number of nitrogens with one attached hydrogen (secondary N) is 1. The lowest BCUT2D eigenvalue weighted by Gasteiger charge is -2.06. The van der Waals surface area contributed by atoms with Crippen LogP contribution in [0.5, 0.6) is 6.01 Å². The number of thioether (sulfide) groups is 1. The fourth-order valence-corrected chi connectivity index (χ4v) is 1.88. The summed E-state index contributed by atoms with van der Waals surface area (Å²) in [5, 5.41) is 3.60. The van der Waals surface area contributed by atoms with E-state index in [-0.39, 0.29) is 12.0 Å². The number of carbonyl (C=O) groups excluding carboxylic acids is 1. The zero-order valence-corrected chi connectivity index (χ0v) is 12.1. The predicted octanol–water partition coefficient (Wildman–Crippen LogP) is 1.36. The molecule has 0 aliphatic carbocycles. The number of carbonyl (C=O) groups is 1. The quantitative estimate of drug-likeness (QED) is 0.566. The van der Waals surface area contributed by atoms with Crippen molar-refractivity contribution < 1.29 is 14.3 Å². The van der Waals surface area contributed by atoms with E-state index in [9.17, 15) is 4.79 Å². The van der Waals surface area contributed by atoms with Crippen LogP contribution in [-0.4, -0.2) is 47.4 Å². The van der Waals surface area contributed by atoms with E-state index in [4.69, 9.17) is 4.74 Å². The van der Waals surface area contributed by atoms with Crippen molar-refractivity contribution in [3.63, 3.8) is 0 Å². The highest BCUT2D eigenvalue weighted by Gasteiger charge is 2.08. The molecule has 0 aliphatic rings. The summed E-state index contributed by atoms with van der Waals surface area (Å²) in [6.07, 6.45) is 1.28. The zero-order chi connectivity index (χ0) is 14.1. The van der Waals surface area contributed by atoms with Crippen molar-refractivity contribution in [2.24, 2.45) is 0 Å². The van der Waals surface area contributed by atoms with Gasteiger partial charge in [-0.15, -0.1) is 0 Å². The van der Waals surface area contributed by atoms with Gasteiger partial charge in [-0.3, -0.25) is 4.79 Å². The highest BCUT2D eigenvalue weighted by atomic mass is 32.2. The summed E-state index contributed by atoms with van der Waals surface area (Å²) in [4.78, 5) is 23.4. The van der Waals surface area contributed by atoms with E-state index < -0.39 is 0 Å². The molecule has 0 spiro atoms. The summed E-state index contributed by atoms with van der Waals surface area (Å²) in [5.74, 6) is 0.777. The Balaban J connectivity index is 2.62. The molecule has 1 N–H and O–H groups in total. The summed E-state index contributed by atoms with van der Waals surface area (Å²) in [7, 11) is 2.87. The minimum Gasteiger partial charge on any atom is -0.469 e. The van der Waals surface area contributed by atoms with Crippen LogP contribution in [0.1, 0.15) is 19.8 Å². The number of aromatic nitrogens is 3. The molecule has 0 bridgehead atoms. The van der Waals surface area contributed by atoms with E-state index in [1.165, 1.54) is 26.0 Å². The molecule has 0 saturated carbocycles. The minimum absolute atomic E-state index is 0.252. The Hall–Kier alpha value is -1.57. The van der Waals surface area contributed by atoms with Gasteiger partial charge in [0.05, 0.1) is 20.6 Å². The van der Waals surface area contributed by atoms with Gasteiger partial charge in [0.15, 0.2) is 5.16 Å². The van der Waals surface area contributed by atoms with Crippen LogP contribution in [-0.2, 0) is 9.53 Å². The summed E-state index contributed by atoms with van der Waals surface area (Å²) in [6.45, 7) is 2.83. The average molecular weight is 286 g/mol. The lowest BCUT2D eigenvalue weighted by Crippen LogP contribution is -2.08. The lowest BCUT2D eigenvalue weighted by atomic mass is 10.5. The van der Waals surface area contributed by atoms with Crippen molar-refractivity contribution >= 4 is 23.7 Å². The van der Waals surface area contributed by atoms with Crippen LogP contribution in [0.4, 0.5) is 5.95 Å². The number of rotatable bonds is 8. The van der Waals surface area contributed by atoms with Gasteiger partial charge in [-0.1, -0.05) is 18.7 Å². The maximum atomic E-state index is 11.0. The number of nitrogens with zero attached hydrogens (tertiary/aromatic N) is 3. The van der Waals surface area contributed by atoms with Gasteiger partial charge in [-0.2, -0.15) is 15.0 Å². The van der Waals surface area contributed by atoms with Crippen molar-refractivity contribution in [1.29, 1.82) is 0 Å². The standard InChI is InChI=1S/C11H18N4O3S/c1-4-6-12-9-13-10(18-3)15-11(14-9)19-7-5-8(16)17-2/h4-7H2,1-3H3,(H,12,13,14,15). The molecule has 0 aromatic carbocycles. The topological polar surface area (TPSA) is 86.2 Å². The molecule has 1 aromatic heterocycles. The summed E-state index contributed by atoms with van der Waals surface area (Å²) in [6, 6.07) is 0.258. The Bertz CT molecular complexity index is 417. The summed E-state index contributed by atoms with van der Waals surface area (Å²) in [5.41, 5.74) is 0. The van der Waals surface area contributed by atoms with Gasteiger partial charge >= 0.3 is 12.0 Å². The summed E-state index contributed by atoms with van der Waals surface area (Å²) >= 11 is 1.36. The first-order valence-electron chi connectivity index (χ1n) is 5.93. The van der Waals surface area contributed by atoms with Gasteiger partial charge in [-0.25, -0.2) is 0 Å². The van der Waals surface area contributed by atoms with Crippen LogP contribution in [0.3, 0.4) is 0 Å². The van der Waals surface area contributed by atoms with E-state index in [1.54, 1.807) is 0 Å². The number of hydrogen-bond donors (Lipinski definition) is 1. The molecule has 0 atom stereocenters. The van der Waals surface area contributed by atoms with Crippen molar-refractivity contribution in [2.75, 3.05) is 31.8 Å². The number of ether oxygens (including phenoxy) is 2. The van der Waals surface area contributed by atoms with Crippen LogP contribution in [0.15, 0.2) is 5.16 Å². The van der Waals surface area contributed by atoms with Crippen LogP contribution in [0, 0.1) is 0 Å². The first-order chi connectivity index (χ1) is 9.19. The van der Waals surface area contributed by atoms with Gasteiger partial charge in [0.2, 0.25) is 5.95 Å². The van der Waals surface area contributed by atoms with E-state index in [1.807, 2.05) is 0 Å². The van der Waals surface area contributed by atoms with Gasteiger partial charge in [0.1, 0.15) is 0 Å². The molecule has 0 unspecified atom stereocenters. The first kappa shape index (κ1) is 15.5. The zero-order valence-electron chi connectivity index (χ0n) is 11.3. The summed E-state index contributed by atoms with van der Waals surface area (Å²) < 4.78 is 9.58. The van der Waals surface area contributed by atoms with Gasteiger partial charge in [-0.05, 0) is 6.42 Å². The maximum absolute atomic E-state index is 11.0. The molecule has 19 heavy (non-hydrogen) atoms. The molecule has 8 heteroatoms. The molecule has 0 aliphatic heterocycles. The largest absolute Gasteiger partial charge is 0.469 e. The number of anilines is 1.